The second-order valence-corrected chi connectivity index (χ2v) is 11.1. The molecule has 9 heteroatoms. The number of carbonyl (C=O) groups is 1. The van der Waals surface area contributed by atoms with E-state index in [1.807, 2.05) is 37.3 Å². The molecule has 1 fully saturated rings. The Morgan fingerprint density at radius 2 is 2.05 bits per heavy atom. The lowest BCUT2D eigenvalue weighted by atomic mass is 9.83. The molecule has 1 aromatic carbocycles. The van der Waals surface area contributed by atoms with Crippen LogP contribution in [0.4, 0.5) is 17.3 Å². The Morgan fingerprint density at radius 3 is 2.77 bits per heavy atom. The summed E-state index contributed by atoms with van der Waals surface area (Å²) >= 11 is 0. The van der Waals surface area contributed by atoms with Gasteiger partial charge in [-0.05, 0) is 61.1 Å². The van der Waals surface area contributed by atoms with Crippen molar-refractivity contribution >= 4 is 23.2 Å². The molecule has 1 aliphatic carbocycles. The summed E-state index contributed by atoms with van der Waals surface area (Å²) in [6.45, 7) is 2.54. The minimum absolute atomic E-state index is 0.0200. The van der Waals surface area contributed by atoms with E-state index in [1.165, 1.54) is 12.8 Å². The number of aliphatic hydroxyl groups is 1. The minimum atomic E-state index is -0.466. The van der Waals surface area contributed by atoms with Gasteiger partial charge < -0.3 is 20.6 Å². The van der Waals surface area contributed by atoms with Gasteiger partial charge in [-0.2, -0.15) is 5.26 Å². The highest BCUT2D eigenvalue weighted by Gasteiger charge is 2.36. The molecule has 0 spiro atoms. The molecule has 0 saturated heterocycles. The van der Waals surface area contributed by atoms with E-state index in [-0.39, 0.29) is 12.5 Å². The van der Waals surface area contributed by atoms with Gasteiger partial charge in [0.1, 0.15) is 6.07 Å². The highest BCUT2D eigenvalue weighted by atomic mass is 16.3. The Kier molecular flexibility index (Phi) is 7.49. The third-order valence-electron chi connectivity index (χ3n) is 7.72. The number of nitriles is 1. The lowest BCUT2D eigenvalue weighted by molar-refractivity contribution is -0.128. The highest BCUT2D eigenvalue weighted by Crippen LogP contribution is 2.41. The Morgan fingerprint density at radius 1 is 1.23 bits per heavy atom. The van der Waals surface area contributed by atoms with Crippen LogP contribution in [-0.2, 0) is 23.1 Å². The van der Waals surface area contributed by atoms with Crippen LogP contribution in [0.25, 0.3) is 11.3 Å². The van der Waals surface area contributed by atoms with Gasteiger partial charge >= 0.3 is 0 Å². The number of aromatic nitrogens is 3. The van der Waals surface area contributed by atoms with Crippen LogP contribution in [0.15, 0.2) is 36.5 Å². The third kappa shape index (κ3) is 5.86. The van der Waals surface area contributed by atoms with Crippen molar-refractivity contribution in [3.05, 3.63) is 59.0 Å². The summed E-state index contributed by atoms with van der Waals surface area (Å²) < 4.78 is 0. The third-order valence-corrected chi connectivity index (χ3v) is 7.72. The van der Waals surface area contributed by atoms with Gasteiger partial charge in [0.15, 0.2) is 0 Å². The number of hydrogen-bond donors (Lipinski definition) is 3. The van der Waals surface area contributed by atoms with Crippen LogP contribution < -0.4 is 10.6 Å². The number of amides is 1. The standard InChI is InChI=1S/C30H35N7O2/c1-30(18-38)17-33-28-21(16-31)14-20(15-23(28)30)24-12-13-32-29(35-24)36-26-10-7-22(8-11-27(39)37(2)3)34-25(26)9-6-19-4-5-19/h7,10,12-15,19,33,38H,4-6,8-9,11,17-18H2,1-3H3,(H,32,35,36)/t30-/m1/s1. The number of hydrogen-bond acceptors (Lipinski definition) is 8. The number of aliphatic hydroxyl groups excluding tert-OH is 1. The van der Waals surface area contributed by atoms with Gasteiger partial charge in [0, 0.05) is 49.9 Å². The Bertz CT molecular complexity index is 1430. The first kappa shape index (κ1) is 26.6. The number of nitrogens with zero attached hydrogens (tertiary/aromatic N) is 5. The van der Waals surface area contributed by atoms with E-state index in [0.29, 0.717) is 36.6 Å². The number of pyridine rings is 1. The monoisotopic (exact) mass is 525 g/mol. The van der Waals surface area contributed by atoms with Crippen molar-refractivity contribution in [2.45, 2.75) is 50.9 Å². The molecule has 3 aromatic rings. The molecule has 202 valence electrons. The largest absolute Gasteiger partial charge is 0.395 e. The van der Waals surface area contributed by atoms with Gasteiger partial charge in [0.25, 0.3) is 0 Å². The van der Waals surface area contributed by atoms with E-state index in [1.54, 1.807) is 25.2 Å². The SMILES string of the molecule is CN(C)C(=O)CCc1ccc(Nc2nccc(-c3cc(C#N)c4c(c3)[C@@](C)(CO)CN4)n2)c(CCC2CC2)n1. The predicted octanol–water partition coefficient (Wildman–Crippen LogP) is 4.19. The van der Waals surface area contributed by atoms with Gasteiger partial charge in [0.2, 0.25) is 11.9 Å². The molecule has 9 nitrogen and oxygen atoms in total. The summed E-state index contributed by atoms with van der Waals surface area (Å²) in [4.78, 5) is 27.8. The van der Waals surface area contributed by atoms with Gasteiger partial charge in [-0.25, -0.2) is 9.97 Å². The van der Waals surface area contributed by atoms with Crippen molar-refractivity contribution in [3.63, 3.8) is 0 Å². The molecule has 0 unspecified atom stereocenters. The lowest BCUT2D eigenvalue weighted by Crippen LogP contribution is -2.28. The van der Waals surface area contributed by atoms with Crippen LogP contribution >= 0.6 is 0 Å². The molecule has 5 rings (SSSR count). The summed E-state index contributed by atoms with van der Waals surface area (Å²) in [5, 5.41) is 26.5. The van der Waals surface area contributed by atoms with Gasteiger partial charge in [-0.15, -0.1) is 0 Å². The van der Waals surface area contributed by atoms with Crippen LogP contribution in [0.5, 0.6) is 0 Å². The molecule has 1 aliphatic heterocycles. The fraction of sp³-hybridized carbons (Fsp3) is 0.433. The molecule has 39 heavy (non-hydrogen) atoms. The first-order chi connectivity index (χ1) is 18.8. The van der Waals surface area contributed by atoms with E-state index in [4.69, 9.17) is 9.97 Å². The first-order valence-electron chi connectivity index (χ1n) is 13.5. The summed E-state index contributed by atoms with van der Waals surface area (Å²) in [6, 6.07) is 11.9. The molecule has 0 radical (unpaired) electrons. The molecular formula is C30H35N7O2. The maximum absolute atomic E-state index is 12.1. The Hall–Kier alpha value is -4.03. The number of rotatable bonds is 10. The molecule has 1 amide bonds. The molecule has 2 aliphatic rings. The number of benzene rings is 1. The fourth-order valence-electron chi connectivity index (χ4n) is 4.96. The number of anilines is 3. The molecule has 0 bridgehead atoms. The number of carbonyl (C=O) groups excluding carboxylic acids is 1. The smallest absolute Gasteiger partial charge is 0.227 e. The summed E-state index contributed by atoms with van der Waals surface area (Å²) in [5.74, 6) is 1.30. The number of fused-ring (bicyclic) bond motifs is 1. The molecule has 3 heterocycles. The predicted molar refractivity (Wildman–Crippen MR) is 151 cm³/mol. The van der Waals surface area contributed by atoms with Gasteiger partial charge in [-0.3, -0.25) is 9.78 Å². The molecule has 1 saturated carbocycles. The minimum Gasteiger partial charge on any atom is -0.395 e. The van der Waals surface area contributed by atoms with Crippen molar-refractivity contribution in [1.29, 1.82) is 5.26 Å². The van der Waals surface area contributed by atoms with Crippen LogP contribution in [0.3, 0.4) is 0 Å². The molecule has 1 atom stereocenters. The van der Waals surface area contributed by atoms with E-state index in [9.17, 15) is 15.2 Å². The molecule has 3 N–H and O–H groups in total. The van der Waals surface area contributed by atoms with Crippen molar-refractivity contribution in [3.8, 4) is 17.3 Å². The van der Waals surface area contributed by atoms with Crippen molar-refractivity contribution in [2.24, 2.45) is 5.92 Å². The van der Waals surface area contributed by atoms with E-state index in [2.05, 4.69) is 21.7 Å². The summed E-state index contributed by atoms with van der Waals surface area (Å²) in [5.41, 5.74) is 5.97. The second-order valence-electron chi connectivity index (χ2n) is 11.1. The first-order valence-corrected chi connectivity index (χ1v) is 13.5. The topological polar surface area (TPSA) is 127 Å². The summed E-state index contributed by atoms with van der Waals surface area (Å²) in [6.07, 6.45) is 7.23. The average Bonchev–Trinajstić information content (AvgIpc) is 3.72. The van der Waals surface area contributed by atoms with Gasteiger partial charge in [0.05, 0.1) is 34.9 Å². The Labute approximate surface area is 229 Å². The normalized spacial score (nSPS) is 17.7. The number of nitrogens with one attached hydrogen (secondary N) is 2. The average molecular weight is 526 g/mol. The van der Waals surface area contributed by atoms with E-state index < -0.39 is 5.41 Å². The zero-order valence-corrected chi connectivity index (χ0v) is 22.8. The quantitative estimate of drug-likeness (QED) is 0.360. The van der Waals surface area contributed by atoms with Crippen LogP contribution in [0, 0.1) is 17.2 Å². The van der Waals surface area contributed by atoms with E-state index in [0.717, 1.165) is 52.6 Å². The van der Waals surface area contributed by atoms with Crippen LogP contribution in [-0.4, -0.2) is 58.1 Å². The van der Waals surface area contributed by atoms with E-state index >= 15 is 0 Å². The highest BCUT2D eigenvalue weighted by molar-refractivity contribution is 5.77. The fourth-order valence-corrected chi connectivity index (χ4v) is 4.96. The Balaban J connectivity index is 1.41. The van der Waals surface area contributed by atoms with Gasteiger partial charge in [-0.1, -0.05) is 19.8 Å². The molecule has 2 aromatic heterocycles. The van der Waals surface area contributed by atoms with Crippen molar-refractivity contribution < 1.29 is 9.90 Å². The lowest BCUT2D eigenvalue weighted by Gasteiger charge is -2.21. The maximum atomic E-state index is 12.1. The van der Waals surface area contributed by atoms with Crippen molar-refractivity contribution in [1.82, 2.24) is 19.9 Å². The summed E-state index contributed by atoms with van der Waals surface area (Å²) in [7, 11) is 3.54. The zero-order chi connectivity index (χ0) is 27.6. The van der Waals surface area contributed by atoms with Crippen LogP contribution in [0.1, 0.15) is 55.1 Å². The second kappa shape index (κ2) is 11.0. The van der Waals surface area contributed by atoms with Crippen molar-refractivity contribution in [2.75, 3.05) is 37.9 Å². The molecular weight excluding hydrogens is 490 g/mol. The zero-order valence-electron chi connectivity index (χ0n) is 22.8. The number of aryl methyl sites for hydroxylation is 2. The van der Waals surface area contributed by atoms with Crippen LogP contribution in [0.2, 0.25) is 0 Å². The maximum Gasteiger partial charge on any atom is 0.227 e.